The second-order valence-electron chi connectivity index (χ2n) is 4.06. The Labute approximate surface area is 131 Å². The Hall–Kier alpha value is -1.52. The minimum Gasteiger partial charge on any atom is -0.321 e. The van der Waals surface area contributed by atoms with E-state index in [2.05, 4.69) is 27.8 Å². The minimum absolute atomic E-state index is 0.113. The summed E-state index contributed by atoms with van der Waals surface area (Å²) in [5.41, 5.74) is 1.45. The van der Waals surface area contributed by atoms with Crippen LogP contribution in [-0.4, -0.2) is 11.7 Å². The largest absolute Gasteiger partial charge is 0.321 e. The zero-order chi connectivity index (χ0) is 14.4. The summed E-state index contributed by atoms with van der Waals surface area (Å²) in [6.07, 6.45) is 1.84. The summed E-state index contributed by atoms with van der Waals surface area (Å²) in [7, 11) is 0. The van der Waals surface area contributed by atoms with Crippen LogP contribution in [0.2, 0.25) is 0 Å². The molecule has 102 valence electrons. The average Bonchev–Trinajstić information content (AvgIpc) is 2.46. The summed E-state index contributed by atoms with van der Waals surface area (Å²) in [5.74, 6) is 0.696. The van der Waals surface area contributed by atoms with Crippen LogP contribution in [0.5, 0.6) is 0 Å². The van der Waals surface area contributed by atoms with Gasteiger partial charge in [0.25, 0.3) is 5.91 Å². The number of anilines is 1. The number of hydrogen-bond donors (Lipinski definition) is 1. The van der Waals surface area contributed by atoms with E-state index in [0.29, 0.717) is 5.56 Å². The third-order valence-corrected chi connectivity index (χ3v) is 4.14. The van der Waals surface area contributed by atoms with Gasteiger partial charge in [0, 0.05) is 20.7 Å². The van der Waals surface area contributed by atoms with Gasteiger partial charge in [0.15, 0.2) is 0 Å². The van der Waals surface area contributed by atoms with Crippen LogP contribution < -0.4 is 5.32 Å². The van der Waals surface area contributed by atoms with Gasteiger partial charge in [-0.3, -0.25) is 4.79 Å². The van der Waals surface area contributed by atoms with Gasteiger partial charge in [-0.1, -0.05) is 40.2 Å². The number of benzene rings is 2. The summed E-state index contributed by atoms with van der Waals surface area (Å²) in [5, 5.41) is 2.95. The highest BCUT2D eigenvalue weighted by Crippen LogP contribution is 2.27. The molecule has 0 aliphatic carbocycles. The van der Waals surface area contributed by atoms with E-state index in [0.717, 1.165) is 20.8 Å². The number of para-hydroxylation sites is 1. The Morgan fingerprint density at radius 2 is 2.05 bits per heavy atom. The maximum atomic E-state index is 12.2. The molecule has 1 amide bonds. The first-order valence-electron chi connectivity index (χ1n) is 6.10. The molecule has 0 saturated carbocycles. The highest BCUT2D eigenvalue weighted by molar-refractivity contribution is 9.10. The molecular formula is C16H14BrNOS. The fourth-order valence-corrected chi connectivity index (χ4v) is 2.81. The van der Waals surface area contributed by atoms with Crippen molar-refractivity contribution < 1.29 is 4.79 Å². The van der Waals surface area contributed by atoms with E-state index in [-0.39, 0.29) is 5.91 Å². The second-order valence-corrected chi connectivity index (χ2v) is 6.04. The van der Waals surface area contributed by atoms with Crippen molar-refractivity contribution in [1.82, 2.24) is 0 Å². The van der Waals surface area contributed by atoms with Crippen molar-refractivity contribution in [2.75, 3.05) is 11.1 Å². The van der Waals surface area contributed by atoms with Crippen LogP contribution in [0.25, 0.3) is 0 Å². The topological polar surface area (TPSA) is 29.1 Å². The van der Waals surface area contributed by atoms with E-state index in [1.54, 1.807) is 23.9 Å². The third kappa shape index (κ3) is 3.99. The first-order valence-corrected chi connectivity index (χ1v) is 7.88. The highest BCUT2D eigenvalue weighted by atomic mass is 79.9. The normalized spacial score (nSPS) is 10.1. The predicted molar refractivity (Wildman–Crippen MR) is 89.5 cm³/mol. The molecule has 0 fully saturated rings. The van der Waals surface area contributed by atoms with Gasteiger partial charge in [0.1, 0.15) is 0 Å². The maximum absolute atomic E-state index is 12.2. The van der Waals surface area contributed by atoms with Gasteiger partial charge < -0.3 is 5.32 Å². The molecule has 0 saturated heterocycles. The van der Waals surface area contributed by atoms with Crippen LogP contribution in [0.3, 0.4) is 0 Å². The van der Waals surface area contributed by atoms with Crippen LogP contribution >= 0.6 is 27.7 Å². The molecule has 0 spiro atoms. The fraction of sp³-hybridized carbons (Fsp3) is 0.0625. The Bertz CT molecular complexity index is 627. The van der Waals surface area contributed by atoms with Gasteiger partial charge >= 0.3 is 0 Å². The molecule has 1 N–H and O–H groups in total. The molecule has 2 aromatic carbocycles. The first-order chi connectivity index (χ1) is 9.70. The van der Waals surface area contributed by atoms with Crippen LogP contribution in [0.4, 0.5) is 5.69 Å². The number of carbonyl (C=O) groups is 1. The molecule has 0 unspecified atom stereocenters. The number of nitrogens with one attached hydrogen (secondary N) is 1. The molecule has 2 nitrogen and oxygen atoms in total. The van der Waals surface area contributed by atoms with Crippen molar-refractivity contribution in [2.24, 2.45) is 0 Å². The number of amides is 1. The standard InChI is InChI=1S/C16H14BrNOS/c1-2-10-20-15-9-4-3-8-14(15)18-16(19)12-6-5-7-13(17)11-12/h2-9,11H,1,10H2,(H,18,19). The quantitative estimate of drug-likeness (QED) is 0.610. The minimum atomic E-state index is -0.113. The molecule has 4 heteroatoms. The van der Waals surface area contributed by atoms with Crippen LogP contribution in [0, 0.1) is 0 Å². The van der Waals surface area contributed by atoms with Crippen LogP contribution in [0.1, 0.15) is 10.4 Å². The van der Waals surface area contributed by atoms with Crippen molar-refractivity contribution in [1.29, 1.82) is 0 Å². The van der Waals surface area contributed by atoms with E-state index in [9.17, 15) is 4.79 Å². The number of carbonyl (C=O) groups excluding carboxylic acids is 1. The van der Waals surface area contributed by atoms with Gasteiger partial charge in [0.2, 0.25) is 0 Å². The molecule has 0 bridgehead atoms. The molecule has 0 atom stereocenters. The van der Waals surface area contributed by atoms with Crippen molar-refractivity contribution >= 4 is 39.3 Å². The SMILES string of the molecule is C=CCSc1ccccc1NC(=O)c1cccc(Br)c1. The molecule has 0 aliphatic heterocycles. The second kappa shape index (κ2) is 7.31. The molecule has 0 aliphatic rings. The van der Waals surface area contributed by atoms with Crippen LogP contribution in [-0.2, 0) is 0 Å². The van der Waals surface area contributed by atoms with Gasteiger partial charge in [-0.15, -0.1) is 18.3 Å². The summed E-state index contributed by atoms with van der Waals surface area (Å²) in [6, 6.07) is 15.1. The van der Waals surface area contributed by atoms with Crippen molar-refractivity contribution in [3.8, 4) is 0 Å². The zero-order valence-electron chi connectivity index (χ0n) is 10.8. The number of thioether (sulfide) groups is 1. The Morgan fingerprint density at radius 1 is 1.25 bits per heavy atom. The Balaban J connectivity index is 2.17. The summed E-state index contributed by atoms with van der Waals surface area (Å²) < 4.78 is 0.888. The van der Waals surface area contributed by atoms with Crippen molar-refractivity contribution in [3.63, 3.8) is 0 Å². The van der Waals surface area contributed by atoms with E-state index >= 15 is 0 Å². The van der Waals surface area contributed by atoms with E-state index in [4.69, 9.17) is 0 Å². The molecule has 20 heavy (non-hydrogen) atoms. The Morgan fingerprint density at radius 3 is 2.80 bits per heavy atom. The molecule has 0 radical (unpaired) electrons. The highest BCUT2D eigenvalue weighted by Gasteiger charge is 2.09. The average molecular weight is 348 g/mol. The van der Waals surface area contributed by atoms with E-state index < -0.39 is 0 Å². The van der Waals surface area contributed by atoms with Crippen LogP contribution in [0.15, 0.2) is 70.6 Å². The monoisotopic (exact) mass is 347 g/mol. The molecule has 2 rings (SSSR count). The molecule has 2 aromatic rings. The lowest BCUT2D eigenvalue weighted by atomic mass is 10.2. The van der Waals surface area contributed by atoms with E-state index in [1.165, 1.54) is 0 Å². The predicted octanol–water partition coefficient (Wildman–Crippen LogP) is 4.98. The number of halogens is 1. The van der Waals surface area contributed by atoms with Crippen molar-refractivity contribution in [2.45, 2.75) is 4.90 Å². The Kier molecular flexibility index (Phi) is 5.44. The maximum Gasteiger partial charge on any atom is 0.255 e. The third-order valence-electron chi connectivity index (χ3n) is 2.58. The molecule has 0 heterocycles. The lowest BCUT2D eigenvalue weighted by Gasteiger charge is -2.10. The summed E-state index contributed by atoms with van der Waals surface area (Å²) in [4.78, 5) is 13.3. The zero-order valence-corrected chi connectivity index (χ0v) is 13.2. The van der Waals surface area contributed by atoms with E-state index in [1.807, 2.05) is 42.5 Å². The molecule has 0 aromatic heterocycles. The lowest BCUT2D eigenvalue weighted by Crippen LogP contribution is -2.12. The van der Waals surface area contributed by atoms with Crippen molar-refractivity contribution in [3.05, 3.63) is 71.2 Å². The van der Waals surface area contributed by atoms with Gasteiger partial charge in [0.05, 0.1) is 5.69 Å². The van der Waals surface area contributed by atoms with Gasteiger partial charge in [-0.05, 0) is 30.3 Å². The smallest absolute Gasteiger partial charge is 0.255 e. The number of hydrogen-bond acceptors (Lipinski definition) is 2. The van der Waals surface area contributed by atoms with Gasteiger partial charge in [-0.25, -0.2) is 0 Å². The fourth-order valence-electron chi connectivity index (χ4n) is 1.67. The van der Waals surface area contributed by atoms with Gasteiger partial charge in [-0.2, -0.15) is 0 Å². The molecular weight excluding hydrogens is 334 g/mol. The summed E-state index contributed by atoms with van der Waals surface area (Å²) >= 11 is 5.01. The summed E-state index contributed by atoms with van der Waals surface area (Å²) in [6.45, 7) is 3.71. The first kappa shape index (κ1) is 14.9. The number of rotatable bonds is 5. The lowest BCUT2D eigenvalue weighted by molar-refractivity contribution is 0.102.